The first kappa shape index (κ1) is 29.0. The molecule has 8 nitrogen and oxygen atoms in total. The third kappa shape index (κ3) is 4.30. The number of rotatable bonds is 5. The van der Waals surface area contributed by atoms with Crippen molar-refractivity contribution in [2.75, 3.05) is 12.0 Å². The molecule has 0 saturated carbocycles. The van der Waals surface area contributed by atoms with Gasteiger partial charge in [-0.1, -0.05) is 30.3 Å². The standard InChI is InChI=1S/C33H20F5N3O5/c1-45-32(43)16-8-6-15(7-9-16)29-28-20(19-4-2-3-5-21(19)39-28)14-22-31(42)40(33(44)41(22)29)17-10-12-18(13-11-17)46-30-26(37)24(35)23(34)25(36)27(30)38/h2-13,22,29,39H,14H2,1H3/t22-,29?/m0/s1. The lowest BCUT2D eigenvalue weighted by molar-refractivity contribution is -0.120. The second-order valence-electron chi connectivity index (χ2n) is 10.7. The fourth-order valence-electron chi connectivity index (χ4n) is 6.03. The Kier molecular flexibility index (Phi) is 6.76. The smallest absolute Gasteiger partial charge is 0.337 e. The molecule has 3 heterocycles. The molecule has 1 fully saturated rings. The number of hydrogen-bond acceptors (Lipinski definition) is 5. The lowest BCUT2D eigenvalue weighted by Crippen LogP contribution is -2.44. The third-order valence-electron chi connectivity index (χ3n) is 8.18. The maximum atomic E-state index is 14.2. The number of carbonyl (C=O) groups excluding carboxylic acids is 3. The first-order valence-electron chi connectivity index (χ1n) is 13.8. The minimum absolute atomic E-state index is 0.0856. The number of nitrogens with zero attached hydrogens (tertiary/aromatic N) is 2. The third-order valence-corrected chi connectivity index (χ3v) is 8.18. The normalized spacial score (nSPS) is 17.3. The summed E-state index contributed by atoms with van der Waals surface area (Å²) in [6.45, 7) is 0. The highest BCUT2D eigenvalue weighted by Gasteiger charge is 2.53. The summed E-state index contributed by atoms with van der Waals surface area (Å²) in [4.78, 5) is 45.8. The number of H-pyrrole nitrogens is 1. The summed E-state index contributed by atoms with van der Waals surface area (Å²) < 4.78 is 78.8. The van der Waals surface area contributed by atoms with Crippen molar-refractivity contribution in [3.05, 3.63) is 124 Å². The molecule has 0 aliphatic carbocycles. The molecule has 0 radical (unpaired) electrons. The Morgan fingerprint density at radius 2 is 1.46 bits per heavy atom. The molecule has 1 N–H and O–H groups in total. The molecule has 3 amide bonds. The number of anilines is 1. The van der Waals surface area contributed by atoms with Gasteiger partial charge in [-0.25, -0.2) is 27.7 Å². The maximum Gasteiger partial charge on any atom is 0.337 e. The molecular formula is C33H20F5N3O5. The number of imide groups is 1. The summed E-state index contributed by atoms with van der Waals surface area (Å²) in [5, 5.41) is 0.890. The van der Waals surface area contributed by atoms with Crippen LogP contribution in [0.15, 0.2) is 72.8 Å². The average Bonchev–Trinajstić information content (AvgIpc) is 3.57. The number of fused-ring (bicyclic) bond motifs is 4. The van der Waals surface area contributed by atoms with E-state index < -0.39 is 64.8 Å². The number of esters is 1. The van der Waals surface area contributed by atoms with E-state index in [-0.39, 0.29) is 17.9 Å². The van der Waals surface area contributed by atoms with Crippen LogP contribution in [0.2, 0.25) is 0 Å². The van der Waals surface area contributed by atoms with Gasteiger partial charge < -0.3 is 14.5 Å². The lowest BCUT2D eigenvalue weighted by atomic mass is 9.88. The van der Waals surface area contributed by atoms with Crippen molar-refractivity contribution in [2.24, 2.45) is 0 Å². The number of ether oxygens (including phenoxy) is 2. The van der Waals surface area contributed by atoms with Crippen LogP contribution in [-0.4, -0.2) is 40.9 Å². The van der Waals surface area contributed by atoms with E-state index in [9.17, 15) is 36.3 Å². The Morgan fingerprint density at radius 3 is 2.11 bits per heavy atom. The molecule has 5 aromatic rings. The molecule has 0 bridgehead atoms. The Bertz CT molecular complexity index is 2050. The number of aromatic amines is 1. The largest absolute Gasteiger partial charge is 0.465 e. The van der Waals surface area contributed by atoms with Crippen molar-refractivity contribution >= 4 is 34.5 Å². The zero-order chi connectivity index (χ0) is 32.4. The van der Waals surface area contributed by atoms with Crippen LogP contribution in [0.5, 0.6) is 11.5 Å². The molecule has 13 heteroatoms. The number of hydrogen-bond donors (Lipinski definition) is 1. The van der Waals surface area contributed by atoms with Gasteiger partial charge >= 0.3 is 12.0 Å². The molecule has 46 heavy (non-hydrogen) atoms. The number of urea groups is 1. The number of aromatic nitrogens is 1. The van der Waals surface area contributed by atoms with Crippen LogP contribution in [-0.2, 0) is 16.0 Å². The topological polar surface area (TPSA) is 91.9 Å². The number of methoxy groups -OCH3 is 1. The molecule has 2 aliphatic rings. The monoisotopic (exact) mass is 633 g/mol. The molecule has 0 spiro atoms. The van der Waals surface area contributed by atoms with E-state index in [1.165, 1.54) is 24.1 Å². The first-order valence-corrected chi connectivity index (χ1v) is 13.8. The van der Waals surface area contributed by atoms with E-state index in [0.29, 0.717) is 16.8 Å². The Morgan fingerprint density at radius 1 is 0.826 bits per heavy atom. The van der Waals surface area contributed by atoms with E-state index in [1.807, 2.05) is 24.3 Å². The second-order valence-corrected chi connectivity index (χ2v) is 10.7. The van der Waals surface area contributed by atoms with Crippen LogP contribution < -0.4 is 9.64 Å². The van der Waals surface area contributed by atoms with Crippen LogP contribution in [0, 0.1) is 29.1 Å². The molecule has 7 rings (SSSR count). The molecule has 2 aliphatic heterocycles. The summed E-state index contributed by atoms with van der Waals surface area (Å²) in [7, 11) is 1.26. The van der Waals surface area contributed by atoms with Crippen molar-refractivity contribution in [3.63, 3.8) is 0 Å². The first-order chi connectivity index (χ1) is 22.1. The van der Waals surface area contributed by atoms with Crippen LogP contribution in [0.1, 0.15) is 33.2 Å². The fourth-order valence-corrected chi connectivity index (χ4v) is 6.03. The highest BCUT2D eigenvalue weighted by molar-refractivity contribution is 6.22. The number of para-hydroxylation sites is 1. The summed E-state index contributed by atoms with van der Waals surface area (Å²) in [5.41, 5.74) is 3.40. The Balaban J connectivity index is 1.25. The van der Waals surface area contributed by atoms with Gasteiger partial charge in [0.05, 0.1) is 18.4 Å². The van der Waals surface area contributed by atoms with Crippen molar-refractivity contribution < 1.29 is 45.8 Å². The summed E-state index contributed by atoms with van der Waals surface area (Å²) in [6, 6.07) is 16.5. The van der Waals surface area contributed by atoms with E-state index in [2.05, 4.69) is 4.98 Å². The number of benzene rings is 4. The SMILES string of the molecule is COC(=O)c1ccc(C2c3[nH]c4ccccc4c3C[C@H]3C(=O)N(c4ccc(Oc5c(F)c(F)c(F)c(F)c5F)cc4)C(=O)N23)cc1. The number of halogens is 5. The molecule has 1 aromatic heterocycles. The van der Waals surface area contributed by atoms with Gasteiger partial charge in [-0.05, 0) is 53.6 Å². The van der Waals surface area contributed by atoms with Crippen LogP contribution in [0.4, 0.5) is 32.4 Å². The van der Waals surface area contributed by atoms with Crippen LogP contribution in [0.25, 0.3) is 10.9 Å². The van der Waals surface area contributed by atoms with Gasteiger partial charge in [0.1, 0.15) is 17.8 Å². The molecular weight excluding hydrogens is 613 g/mol. The molecule has 2 atom stereocenters. The van der Waals surface area contributed by atoms with Gasteiger partial charge in [0, 0.05) is 23.0 Å². The minimum atomic E-state index is -2.32. The highest BCUT2D eigenvalue weighted by atomic mass is 19.2. The summed E-state index contributed by atoms with van der Waals surface area (Å²) in [6.07, 6.45) is 0.207. The van der Waals surface area contributed by atoms with Crippen molar-refractivity contribution in [1.82, 2.24) is 9.88 Å². The number of carbonyl (C=O) groups is 3. The summed E-state index contributed by atoms with van der Waals surface area (Å²) >= 11 is 0. The van der Waals surface area contributed by atoms with Crippen molar-refractivity contribution in [3.8, 4) is 11.5 Å². The Labute approximate surface area is 256 Å². The fraction of sp³-hybridized carbons (Fsp3) is 0.121. The predicted molar refractivity (Wildman–Crippen MR) is 153 cm³/mol. The maximum absolute atomic E-state index is 14.2. The zero-order valence-corrected chi connectivity index (χ0v) is 23.6. The van der Waals surface area contributed by atoms with Crippen molar-refractivity contribution in [1.29, 1.82) is 0 Å². The van der Waals surface area contributed by atoms with Gasteiger partial charge in [0.2, 0.25) is 34.8 Å². The van der Waals surface area contributed by atoms with E-state index >= 15 is 0 Å². The van der Waals surface area contributed by atoms with Gasteiger partial charge in [-0.3, -0.25) is 9.69 Å². The highest BCUT2D eigenvalue weighted by Crippen LogP contribution is 2.45. The molecule has 1 saturated heterocycles. The molecule has 1 unspecified atom stereocenters. The molecule has 4 aromatic carbocycles. The quantitative estimate of drug-likeness (QED) is 0.0746. The minimum Gasteiger partial charge on any atom is -0.465 e. The molecule has 232 valence electrons. The summed E-state index contributed by atoms with van der Waals surface area (Å²) in [5.74, 6) is -13.8. The van der Waals surface area contributed by atoms with E-state index in [1.54, 1.807) is 24.3 Å². The van der Waals surface area contributed by atoms with E-state index in [0.717, 1.165) is 33.5 Å². The number of nitrogens with one attached hydrogen (secondary N) is 1. The van der Waals surface area contributed by atoms with Crippen molar-refractivity contribution in [2.45, 2.75) is 18.5 Å². The van der Waals surface area contributed by atoms with Crippen LogP contribution >= 0.6 is 0 Å². The average molecular weight is 634 g/mol. The van der Waals surface area contributed by atoms with Gasteiger partial charge in [0.25, 0.3) is 5.91 Å². The van der Waals surface area contributed by atoms with E-state index in [4.69, 9.17) is 9.47 Å². The zero-order valence-electron chi connectivity index (χ0n) is 23.6. The number of amides is 3. The van der Waals surface area contributed by atoms with Gasteiger partial charge in [-0.15, -0.1) is 0 Å². The lowest BCUT2D eigenvalue weighted by Gasteiger charge is -2.36. The van der Waals surface area contributed by atoms with Gasteiger partial charge in [0.15, 0.2) is 0 Å². The van der Waals surface area contributed by atoms with Gasteiger partial charge in [-0.2, -0.15) is 8.78 Å². The van der Waals surface area contributed by atoms with Crippen LogP contribution in [0.3, 0.4) is 0 Å². The second kappa shape index (κ2) is 10.7. The Hall–Kier alpha value is -5.72. The predicted octanol–water partition coefficient (Wildman–Crippen LogP) is 6.93.